The second kappa shape index (κ2) is 9.39. The molecule has 1 atom stereocenters. The van der Waals surface area contributed by atoms with Crippen LogP contribution in [0.25, 0.3) is 10.9 Å². The second-order valence-electron chi connectivity index (χ2n) is 8.70. The van der Waals surface area contributed by atoms with Gasteiger partial charge in [-0.3, -0.25) is 9.59 Å². The van der Waals surface area contributed by atoms with Crippen LogP contribution >= 0.6 is 11.8 Å². The summed E-state index contributed by atoms with van der Waals surface area (Å²) in [5.41, 5.74) is 5.16. The molecule has 0 bridgehead atoms. The maximum absolute atomic E-state index is 13.8. The molecule has 0 fully saturated rings. The normalized spacial score (nSPS) is 15.8. The Morgan fingerprint density at radius 2 is 1.68 bits per heavy atom. The number of rotatable bonds is 5. The lowest BCUT2D eigenvalue weighted by molar-refractivity contribution is -0.139. The molecule has 3 aromatic carbocycles. The second-order valence-corrected chi connectivity index (χ2v) is 9.66. The summed E-state index contributed by atoms with van der Waals surface area (Å²) in [5.74, 6) is 0.0982. The van der Waals surface area contributed by atoms with Gasteiger partial charge in [-0.25, -0.2) is 0 Å². The van der Waals surface area contributed by atoms with Crippen molar-refractivity contribution in [3.05, 3.63) is 101 Å². The quantitative estimate of drug-likeness (QED) is 0.449. The maximum atomic E-state index is 13.8. The minimum absolute atomic E-state index is 0.0364. The number of fused-ring (bicyclic) bond motifs is 3. The molecule has 2 heterocycles. The average molecular weight is 470 g/mol. The van der Waals surface area contributed by atoms with E-state index >= 15 is 0 Å². The average Bonchev–Trinajstić information content (AvgIpc) is 3.05. The van der Waals surface area contributed by atoms with E-state index in [1.165, 1.54) is 11.8 Å². The first kappa shape index (κ1) is 22.3. The number of hydrogen-bond acceptors (Lipinski definition) is 3. The number of aromatic nitrogens is 1. The van der Waals surface area contributed by atoms with E-state index in [-0.39, 0.29) is 11.8 Å². The number of carbonyl (C=O) groups is 2. The molecular formula is C28H27N3O2S. The van der Waals surface area contributed by atoms with Crippen LogP contribution in [0.1, 0.15) is 28.3 Å². The summed E-state index contributed by atoms with van der Waals surface area (Å²) in [6.07, 6.45) is 0. The molecule has 0 aliphatic carbocycles. The van der Waals surface area contributed by atoms with Gasteiger partial charge in [0.25, 0.3) is 0 Å². The Labute approximate surface area is 203 Å². The Bertz CT molecular complexity index is 1350. The number of nitrogens with one attached hydrogen (secondary N) is 1. The molecule has 4 aromatic rings. The summed E-state index contributed by atoms with van der Waals surface area (Å²) in [6.45, 7) is 2.83. The van der Waals surface area contributed by atoms with Gasteiger partial charge in [0.05, 0.1) is 10.8 Å². The number of aryl methyl sites for hydroxylation is 2. The van der Waals surface area contributed by atoms with Crippen LogP contribution in [-0.2, 0) is 29.7 Å². The molecule has 1 N–H and O–H groups in total. The molecule has 34 heavy (non-hydrogen) atoms. The Hall–Kier alpha value is -3.51. The number of nitrogens with zero attached hydrogens (tertiary/aromatic N) is 2. The van der Waals surface area contributed by atoms with Crippen LogP contribution in [0.15, 0.2) is 83.9 Å². The van der Waals surface area contributed by atoms with E-state index in [9.17, 15) is 9.59 Å². The lowest BCUT2D eigenvalue weighted by atomic mass is 10.0. The number of benzene rings is 3. The fraction of sp³-hybridized carbons (Fsp3) is 0.214. The third kappa shape index (κ3) is 4.21. The van der Waals surface area contributed by atoms with Gasteiger partial charge in [0.2, 0.25) is 11.8 Å². The zero-order valence-corrected chi connectivity index (χ0v) is 20.1. The fourth-order valence-corrected chi connectivity index (χ4v) is 5.67. The highest BCUT2D eigenvalue weighted by molar-refractivity contribution is 8.00. The van der Waals surface area contributed by atoms with E-state index < -0.39 is 6.04 Å². The molecule has 0 saturated carbocycles. The van der Waals surface area contributed by atoms with Crippen LogP contribution < -0.4 is 5.32 Å². The monoisotopic (exact) mass is 469 g/mol. The van der Waals surface area contributed by atoms with E-state index in [4.69, 9.17) is 0 Å². The third-order valence-corrected chi connectivity index (χ3v) is 7.52. The molecule has 6 heteroatoms. The summed E-state index contributed by atoms with van der Waals surface area (Å²) in [5, 5.41) is 5.09. The van der Waals surface area contributed by atoms with Gasteiger partial charge in [-0.15, -0.1) is 0 Å². The molecule has 5 rings (SSSR count). The van der Waals surface area contributed by atoms with E-state index in [2.05, 4.69) is 16.0 Å². The summed E-state index contributed by atoms with van der Waals surface area (Å²) in [4.78, 5) is 29.0. The van der Waals surface area contributed by atoms with Gasteiger partial charge in [-0.2, -0.15) is 0 Å². The number of carbonyl (C=O) groups excluding carboxylic acids is 2. The molecule has 0 unspecified atom stereocenters. The molecule has 2 amide bonds. The summed E-state index contributed by atoms with van der Waals surface area (Å²) < 4.78 is 2.11. The Balaban J connectivity index is 1.59. The highest BCUT2D eigenvalue weighted by Gasteiger charge is 2.38. The molecule has 1 aliphatic heterocycles. The first-order valence-corrected chi connectivity index (χ1v) is 12.4. The first-order valence-electron chi connectivity index (χ1n) is 11.4. The largest absolute Gasteiger partial charge is 0.350 e. The molecule has 1 aliphatic rings. The van der Waals surface area contributed by atoms with Gasteiger partial charge in [0.15, 0.2) is 0 Å². The van der Waals surface area contributed by atoms with Crippen molar-refractivity contribution in [2.24, 2.45) is 7.05 Å². The maximum Gasteiger partial charge on any atom is 0.247 e. The van der Waals surface area contributed by atoms with Crippen molar-refractivity contribution < 1.29 is 9.59 Å². The fourth-order valence-electron chi connectivity index (χ4n) is 4.57. The molecule has 0 saturated heterocycles. The van der Waals surface area contributed by atoms with Crippen LogP contribution in [0.4, 0.5) is 0 Å². The van der Waals surface area contributed by atoms with E-state index in [1.54, 1.807) is 4.90 Å². The summed E-state index contributed by atoms with van der Waals surface area (Å²) in [6, 6.07) is 25.4. The first-order chi connectivity index (χ1) is 16.5. The predicted octanol–water partition coefficient (Wildman–Crippen LogP) is 4.98. The Kier molecular flexibility index (Phi) is 6.16. The predicted molar refractivity (Wildman–Crippen MR) is 136 cm³/mol. The zero-order valence-electron chi connectivity index (χ0n) is 19.3. The van der Waals surface area contributed by atoms with Crippen LogP contribution in [0.2, 0.25) is 0 Å². The van der Waals surface area contributed by atoms with Crippen LogP contribution in [0, 0.1) is 6.92 Å². The SMILES string of the molecule is Cc1ccc(CN2C(=O)CSc3c(c4ccccc4n3C)[C@@H]2C(=O)NCc2ccccc2)cc1. The van der Waals surface area contributed by atoms with E-state index in [0.717, 1.165) is 38.2 Å². The minimum atomic E-state index is -0.714. The number of hydrogen-bond donors (Lipinski definition) is 1. The minimum Gasteiger partial charge on any atom is -0.350 e. The van der Waals surface area contributed by atoms with E-state index in [0.29, 0.717) is 18.8 Å². The van der Waals surface area contributed by atoms with E-state index in [1.807, 2.05) is 86.8 Å². The summed E-state index contributed by atoms with van der Waals surface area (Å²) in [7, 11) is 2.01. The highest BCUT2D eigenvalue weighted by atomic mass is 32.2. The number of amides is 2. The number of thioether (sulfide) groups is 1. The van der Waals surface area contributed by atoms with Crippen LogP contribution in [0.5, 0.6) is 0 Å². The van der Waals surface area contributed by atoms with Crippen molar-refractivity contribution in [2.75, 3.05) is 5.75 Å². The smallest absolute Gasteiger partial charge is 0.247 e. The Morgan fingerprint density at radius 3 is 2.44 bits per heavy atom. The van der Waals surface area contributed by atoms with Gasteiger partial charge in [-0.05, 0) is 24.1 Å². The molecule has 0 radical (unpaired) electrons. The molecule has 1 aromatic heterocycles. The lowest BCUT2D eigenvalue weighted by Gasteiger charge is -2.30. The van der Waals surface area contributed by atoms with Crippen molar-refractivity contribution in [1.82, 2.24) is 14.8 Å². The van der Waals surface area contributed by atoms with Crippen molar-refractivity contribution in [3.8, 4) is 0 Å². The standard InChI is InChI=1S/C28H27N3O2S/c1-19-12-14-21(15-13-19)17-31-24(32)18-34-28-25(22-10-6-7-11-23(22)30(28)2)26(31)27(33)29-16-20-8-4-3-5-9-20/h3-15,26H,16-18H2,1-2H3,(H,29,33)/t26-/m1/s1. The Morgan fingerprint density at radius 1 is 0.971 bits per heavy atom. The van der Waals surface area contributed by atoms with Crippen molar-refractivity contribution in [3.63, 3.8) is 0 Å². The third-order valence-electron chi connectivity index (χ3n) is 6.36. The molecule has 0 spiro atoms. The van der Waals surface area contributed by atoms with Gasteiger partial charge in [0, 0.05) is 36.6 Å². The van der Waals surface area contributed by atoms with Gasteiger partial charge in [0.1, 0.15) is 6.04 Å². The molecule has 5 nitrogen and oxygen atoms in total. The van der Waals surface area contributed by atoms with Crippen molar-refractivity contribution >= 4 is 34.5 Å². The van der Waals surface area contributed by atoms with Gasteiger partial charge < -0.3 is 14.8 Å². The van der Waals surface area contributed by atoms with Gasteiger partial charge in [-0.1, -0.05) is 90.1 Å². The van der Waals surface area contributed by atoms with Gasteiger partial charge >= 0.3 is 0 Å². The molecule has 172 valence electrons. The van der Waals surface area contributed by atoms with Crippen molar-refractivity contribution in [2.45, 2.75) is 31.1 Å². The van der Waals surface area contributed by atoms with Crippen LogP contribution in [0.3, 0.4) is 0 Å². The zero-order chi connectivity index (χ0) is 23.7. The topological polar surface area (TPSA) is 54.3 Å². The van der Waals surface area contributed by atoms with Crippen LogP contribution in [-0.4, -0.2) is 27.0 Å². The van der Waals surface area contributed by atoms with Crippen molar-refractivity contribution in [1.29, 1.82) is 0 Å². The summed E-state index contributed by atoms with van der Waals surface area (Å²) >= 11 is 1.51. The lowest BCUT2D eigenvalue weighted by Crippen LogP contribution is -2.43. The highest BCUT2D eigenvalue weighted by Crippen LogP contribution is 2.42. The number of para-hydroxylation sites is 1. The molecular weight excluding hydrogens is 442 g/mol.